The maximum absolute atomic E-state index is 4.56. The third-order valence-corrected chi connectivity index (χ3v) is 6.11. The van der Waals surface area contributed by atoms with Crippen LogP contribution in [-0.2, 0) is 13.0 Å². The number of rotatable bonds is 4. The fraction of sp³-hybridized carbons (Fsp3) is 0.789. The second-order valence-corrected chi connectivity index (χ2v) is 8.01. The predicted octanol–water partition coefficient (Wildman–Crippen LogP) is 2.53. The molecule has 5 nitrogen and oxygen atoms in total. The molecule has 24 heavy (non-hydrogen) atoms. The quantitative estimate of drug-likeness (QED) is 0.919. The minimum atomic E-state index is 0.566. The normalized spacial score (nSPS) is 24.2. The molecule has 0 unspecified atom stereocenters. The van der Waals surface area contributed by atoms with Crippen molar-refractivity contribution in [3.05, 3.63) is 17.6 Å². The third kappa shape index (κ3) is 3.72. The maximum atomic E-state index is 4.56. The molecule has 1 saturated heterocycles. The van der Waals surface area contributed by atoms with Crippen LogP contribution in [0.15, 0.2) is 6.33 Å². The van der Waals surface area contributed by atoms with Crippen LogP contribution in [0.3, 0.4) is 0 Å². The van der Waals surface area contributed by atoms with Crippen molar-refractivity contribution in [1.82, 2.24) is 19.8 Å². The van der Waals surface area contributed by atoms with Gasteiger partial charge in [-0.3, -0.25) is 0 Å². The lowest BCUT2D eigenvalue weighted by Crippen LogP contribution is -2.41. The zero-order valence-electron chi connectivity index (χ0n) is 15.0. The summed E-state index contributed by atoms with van der Waals surface area (Å²) >= 11 is 0. The Bertz CT molecular complexity index is 547. The minimum absolute atomic E-state index is 0.566. The molecule has 1 aromatic heterocycles. The molecule has 0 radical (unpaired) electrons. The molecule has 0 spiro atoms. The summed E-state index contributed by atoms with van der Waals surface area (Å²) in [6.45, 7) is 5.88. The lowest BCUT2D eigenvalue weighted by Gasteiger charge is -2.35. The number of fused-ring (bicyclic) bond motifs is 1. The van der Waals surface area contributed by atoms with E-state index in [0.717, 1.165) is 31.2 Å². The van der Waals surface area contributed by atoms with Gasteiger partial charge in [0, 0.05) is 50.7 Å². The van der Waals surface area contributed by atoms with Crippen LogP contribution in [0.4, 0.5) is 5.82 Å². The second kappa shape index (κ2) is 7.36. The molecule has 3 heterocycles. The average Bonchev–Trinajstić information content (AvgIpc) is 3.10. The van der Waals surface area contributed by atoms with Crippen LogP contribution in [0.25, 0.3) is 0 Å². The maximum Gasteiger partial charge on any atom is 0.134 e. The Balaban J connectivity index is 1.32. The Morgan fingerprint density at radius 3 is 2.67 bits per heavy atom. The summed E-state index contributed by atoms with van der Waals surface area (Å²) in [4.78, 5) is 14.1. The van der Waals surface area contributed by atoms with Gasteiger partial charge < -0.3 is 15.1 Å². The van der Waals surface area contributed by atoms with Gasteiger partial charge in [0.2, 0.25) is 0 Å². The van der Waals surface area contributed by atoms with Gasteiger partial charge in [0.25, 0.3) is 0 Å². The smallest absolute Gasteiger partial charge is 0.134 e. The number of likely N-dealkylation sites (N-methyl/N-ethyl adjacent to an activating group) is 1. The molecule has 132 valence electrons. The number of anilines is 1. The summed E-state index contributed by atoms with van der Waals surface area (Å²) < 4.78 is 0. The van der Waals surface area contributed by atoms with Gasteiger partial charge in [0.1, 0.15) is 12.1 Å². The number of likely N-dealkylation sites (tertiary alicyclic amines) is 1. The van der Waals surface area contributed by atoms with Crippen LogP contribution < -0.4 is 5.32 Å². The van der Waals surface area contributed by atoms with E-state index in [0.29, 0.717) is 6.04 Å². The molecule has 2 aliphatic heterocycles. The highest BCUT2D eigenvalue weighted by molar-refractivity contribution is 5.47. The molecule has 4 rings (SSSR count). The highest BCUT2D eigenvalue weighted by Gasteiger charge is 2.25. The first kappa shape index (κ1) is 16.3. The fourth-order valence-corrected chi connectivity index (χ4v) is 4.61. The van der Waals surface area contributed by atoms with Crippen molar-refractivity contribution in [2.45, 2.75) is 57.5 Å². The van der Waals surface area contributed by atoms with Crippen LogP contribution in [0.2, 0.25) is 0 Å². The first-order chi connectivity index (χ1) is 11.8. The Morgan fingerprint density at radius 2 is 1.88 bits per heavy atom. The Kier molecular flexibility index (Phi) is 4.99. The molecular weight excluding hydrogens is 298 g/mol. The standard InChI is InChI=1S/C19H31N5/c1-23-9-8-18-17(13-23)19(21-14-20-18)22-16-6-10-24(11-7-16)12-15-4-2-3-5-15/h14-16H,2-13H2,1H3,(H,20,21,22). The molecule has 1 aliphatic carbocycles. The van der Waals surface area contributed by atoms with Gasteiger partial charge in [0.05, 0.1) is 5.69 Å². The predicted molar refractivity (Wildman–Crippen MR) is 97.1 cm³/mol. The summed E-state index contributed by atoms with van der Waals surface area (Å²) in [5.74, 6) is 2.06. The van der Waals surface area contributed by atoms with Gasteiger partial charge in [-0.25, -0.2) is 9.97 Å². The summed E-state index contributed by atoms with van der Waals surface area (Å²) in [6.07, 6.45) is 11.1. The van der Waals surface area contributed by atoms with Crippen molar-refractivity contribution in [1.29, 1.82) is 0 Å². The van der Waals surface area contributed by atoms with E-state index in [1.54, 1.807) is 6.33 Å². The Hall–Kier alpha value is -1.20. The molecule has 0 aromatic carbocycles. The number of hydrogen-bond donors (Lipinski definition) is 1. The van der Waals surface area contributed by atoms with E-state index in [2.05, 4.69) is 32.1 Å². The SMILES string of the molecule is CN1CCc2ncnc(NC3CCN(CC4CCCC4)CC3)c2C1. The van der Waals surface area contributed by atoms with Crippen LogP contribution in [0.5, 0.6) is 0 Å². The number of nitrogens with one attached hydrogen (secondary N) is 1. The first-order valence-corrected chi connectivity index (χ1v) is 9.78. The molecule has 1 N–H and O–H groups in total. The second-order valence-electron chi connectivity index (χ2n) is 8.01. The summed E-state index contributed by atoms with van der Waals surface area (Å²) in [6, 6.07) is 0.566. The van der Waals surface area contributed by atoms with E-state index in [-0.39, 0.29) is 0 Å². The van der Waals surface area contributed by atoms with Gasteiger partial charge in [-0.15, -0.1) is 0 Å². The third-order valence-electron chi connectivity index (χ3n) is 6.11. The topological polar surface area (TPSA) is 44.3 Å². The van der Waals surface area contributed by atoms with Crippen molar-refractivity contribution >= 4 is 5.82 Å². The Labute approximate surface area is 145 Å². The zero-order chi connectivity index (χ0) is 16.4. The molecule has 1 saturated carbocycles. The number of hydrogen-bond acceptors (Lipinski definition) is 5. The van der Waals surface area contributed by atoms with Crippen LogP contribution >= 0.6 is 0 Å². The van der Waals surface area contributed by atoms with Crippen LogP contribution in [0, 0.1) is 5.92 Å². The van der Waals surface area contributed by atoms with Gasteiger partial charge in [-0.2, -0.15) is 0 Å². The summed E-state index contributed by atoms with van der Waals surface area (Å²) in [5.41, 5.74) is 2.56. The molecule has 0 bridgehead atoms. The van der Waals surface area contributed by atoms with Crippen molar-refractivity contribution in [2.75, 3.05) is 38.5 Å². The van der Waals surface area contributed by atoms with Gasteiger partial charge in [-0.05, 0) is 38.6 Å². The van der Waals surface area contributed by atoms with Gasteiger partial charge in [-0.1, -0.05) is 12.8 Å². The van der Waals surface area contributed by atoms with E-state index in [1.165, 1.54) is 69.4 Å². The molecular formula is C19H31N5. The van der Waals surface area contributed by atoms with Crippen molar-refractivity contribution in [3.8, 4) is 0 Å². The minimum Gasteiger partial charge on any atom is -0.367 e. The molecule has 3 aliphatic rings. The molecule has 5 heteroatoms. The van der Waals surface area contributed by atoms with Crippen molar-refractivity contribution in [2.24, 2.45) is 5.92 Å². The van der Waals surface area contributed by atoms with Crippen LogP contribution in [-0.4, -0.2) is 59.0 Å². The largest absolute Gasteiger partial charge is 0.367 e. The zero-order valence-corrected chi connectivity index (χ0v) is 15.0. The van der Waals surface area contributed by atoms with Crippen molar-refractivity contribution < 1.29 is 0 Å². The van der Waals surface area contributed by atoms with Gasteiger partial charge in [0.15, 0.2) is 0 Å². The highest BCUT2D eigenvalue weighted by Crippen LogP contribution is 2.28. The summed E-state index contributed by atoms with van der Waals surface area (Å²) in [7, 11) is 2.18. The van der Waals surface area contributed by atoms with E-state index in [9.17, 15) is 0 Å². The highest BCUT2D eigenvalue weighted by atomic mass is 15.2. The van der Waals surface area contributed by atoms with Crippen LogP contribution in [0.1, 0.15) is 49.8 Å². The number of aromatic nitrogens is 2. The summed E-state index contributed by atoms with van der Waals surface area (Å²) in [5, 5.41) is 3.74. The molecule has 0 atom stereocenters. The fourth-order valence-electron chi connectivity index (χ4n) is 4.61. The lowest BCUT2D eigenvalue weighted by atomic mass is 10.0. The Morgan fingerprint density at radius 1 is 1.08 bits per heavy atom. The first-order valence-electron chi connectivity index (χ1n) is 9.78. The van der Waals surface area contributed by atoms with Crippen molar-refractivity contribution in [3.63, 3.8) is 0 Å². The lowest BCUT2D eigenvalue weighted by molar-refractivity contribution is 0.189. The average molecular weight is 329 g/mol. The number of nitrogens with zero attached hydrogens (tertiary/aromatic N) is 4. The van der Waals surface area contributed by atoms with E-state index in [4.69, 9.17) is 0 Å². The van der Waals surface area contributed by atoms with E-state index < -0.39 is 0 Å². The van der Waals surface area contributed by atoms with E-state index in [1.807, 2.05) is 0 Å². The number of piperidine rings is 1. The monoisotopic (exact) mass is 329 g/mol. The van der Waals surface area contributed by atoms with E-state index >= 15 is 0 Å². The molecule has 2 fully saturated rings. The van der Waals surface area contributed by atoms with Gasteiger partial charge >= 0.3 is 0 Å². The molecule has 0 amide bonds. The molecule has 1 aromatic rings.